The molecular weight excluding hydrogens is 356 g/mol. The van der Waals surface area contributed by atoms with Gasteiger partial charge in [0, 0.05) is 12.3 Å². The van der Waals surface area contributed by atoms with E-state index in [1.54, 1.807) is 50.6 Å². The number of thioether (sulfide) groups is 1. The number of pyridine rings is 1. The molecule has 1 aromatic carbocycles. The van der Waals surface area contributed by atoms with Crippen molar-refractivity contribution in [2.45, 2.75) is 11.9 Å². The second kappa shape index (κ2) is 9.67. The number of esters is 1. The average molecular weight is 376 g/mol. The highest BCUT2D eigenvalue weighted by Crippen LogP contribution is 2.29. The molecule has 0 saturated heterocycles. The van der Waals surface area contributed by atoms with E-state index in [1.807, 2.05) is 0 Å². The third-order valence-corrected chi connectivity index (χ3v) is 4.29. The molecule has 2 aromatic rings. The molecule has 0 fully saturated rings. The number of benzene rings is 1. The lowest BCUT2D eigenvalue weighted by molar-refractivity contribution is -0.113. The largest absolute Gasteiger partial charge is 0.497 e. The van der Waals surface area contributed by atoms with Gasteiger partial charge >= 0.3 is 5.97 Å². The lowest BCUT2D eigenvalue weighted by atomic mass is 10.2. The van der Waals surface area contributed by atoms with Crippen LogP contribution in [-0.2, 0) is 9.53 Å². The molecule has 0 bridgehead atoms. The molecule has 2 rings (SSSR count). The van der Waals surface area contributed by atoms with Crippen molar-refractivity contribution in [1.82, 2.24) is 4.98 Å². The fourth-order valence-electron chi connectivity index (χ4n) is 2.10. The van der Waals surface area contributed by atoms with E-state index in [0.29, 0.717) is 27.8 Å². The summed E-state index contributed by atoms with van der Waals surface area (Å²) >= 11 is 1.16. The first-order chi connectivity index (χ1) is 12.6. The Morgan fingerprint density at radius 3 is 2.69 bits per heavy atom. The smallest absolute Gasteiger partial charge is 0.340 e. The maximum atomic E-state index is 12.3. The standard InChI is InChI=1S/C18H20N2O5S/c1-4-25-18(22)13-6-5-9-19-17(13)26-11-16(21)20-14-10-12(23-2)7-8-15(14)24-3/h5-10H,4,11H2,1-3H3,(H,20,21). The van der Waals surface area contributed by atoms with Gasteiger partial charge < -0.3 is 19.5 Å². The number of amides is 1. The Labute approximate surface area is 156 Å². The van der Waals surface area contributed by atoms with Crippen molar-refractivity contribution in [3.8, 4) is 11.5 Å². The summed E-state index contributed by atoms with van der Waals surface area (Å²) < 4.78 is 15.4. The van der Waals surface area contributed by atoms with Crippen LogP contribution in [0.1, 0.15) is 17.3 Å². The molecule has 1 N–H and O–H groups in total. The van der Waals surface area contributed by atoms with Crippen LogP contribution in [0, 0.1) is 0 Å². The zero-order chi connectivity index (χ0) is 18.9. The van der Waals surface area contributed by atoms with E-state index in [1.165, 1.54) is 7.11 Å². The molecule has 0 aliphatic carbocycles. The molecule has 0 aliphatic heterocycles. The minimum atomic E-state index is -0.460. The van der Waals surface area contributed by atoms with E-state index < -0.39 is 5.97 Å². The Hall–Kier alpha value is -2.74. The third-order valence-electron chi connectivity index (χ3n) is 3.29. The van der Waals surface area contributed by atoms with Gasteiger partial charge in [-0.15, -0.1) is 0 Å². The highest BCUT2D eigenvalue weighted by atomic mass is 32.2. The van der Waals surface area contributed by atoms with Crippen LogP contribution in [0.5, 0.6) is 11.5 Å². The highest BCUT2D eigenvalue weighted by molar-refractivity contribution is 8.00. The van der Waals surface area contributed by atoms with Gasteiger partial charge in [0.2, 0.25) is 5.91 Å². The first-order valence-corrected chi connectivity index (χ1v) is 8.84. The molecule has 0 atom stereocenters. The van der Waals surface area contributed by atoms with Crippen LogP contribution in [0.2, 0.25) is 0 Å². The Balaban J connectivity index is 2.05. The zero-order valence-corrected chi connectivity index (χ0v) is 15.6. The number of hydrogen-bond donors (Lipinski definition) is 1. The molecule has 0 aliphatic rings. The first-order valence-electron chi connectivity index (χ1n) is 7.85. The number of ether oxygens (including phenoxy) is 3. The summed E-state index contributed by atoms with van der Waals surface area (Å²) in [5.41, 5.74) is 0.843. The lowest BCUT2D eigenvalue weighted by Crippen LogP contribution is -2.15. The van der Waals surface area contributed by atoms with Crippen molar-refractivity contribution in [1.29, 1.82) is 0 Å². The summed E-state index contributed by atoms with van der Waals surface area (Å²) in [6.45, 7) is 2.00. The number of aromatic nitrogens is 1. The van der Waals surface area contributed by atoms with Gasteiger partial charge in [0.1, 0.15) is 16.5 Å². The van der Waals surface area contributed by atoms with Crippen molar-refractivity contribution in [3.05, 3.63) is 42.1 Å². The summed E-state index contributed by atoms with van der Waals surface area (Å²) in [5, 5.41) is 3.21. The normalized spacial score (nSPS) is 10.1. The van der Waals surface area contributed by atoms with Crippen molar-refractivity contribution in [2.75, 3.05) is 31.9 Å². The summed E-state index contributed by atoms with van der Waals surface area (Å²) in [6, 6.07) is 8.39. The Morgan fingerprint density at radius 2 is 2.00 bits per heavy atom. The molecule has 26 heavy (non-hydrogen) atoms. The number of nitrogens with one attached hydrogen (secondary N) is 1. The predicted molar refractivity (Wildman–Crippen MR) is 99.1 cm³/mol. The number of rotatable bonds is 8. The SMILES string of the molecule is CCOC(=O)c1cccnc1SCC(=O)Nc1cc(OC)ccc1OC. The second-order valence-corrected chi connectivity index (χ2v) is 5.94. The topological polar surface area (TPSA) is 86.8 Å². The monoisotopic (exact) mass is 376 g/mol. The number of anilines is 1. The van der Waals surface area contributed by atoms with Crippen LogP contribution in [0.25, 0.3) is 0 Å². The van der Waals surface area contributed by atoms with E-state index in [9.17, 15) is 9.59 Å². The highest BCUT2D eigenvalue weighted by Gasteiger charge is 2.16. The van der Waals surface area contributed by atoms with E-state index in [0.717, 1.165) is 11.8 Å². The average Bonchev–Trinajstić information content (AvgIpc) is 2.66. The van der Waals surface area contributed by atoms with Crippen LogP contribution < -0.4 is 14.8 Å². The fraction of sp³-hybridized carbons (Fsp3) is 0.278. The first kappa shape index (κ1) is 19.6. The second-order valence-electron chi connectivity index (χ2n) is 4.98. The molecule has 0 unspecified atom stereocenters. The summed E-state index contributed by atoms with van der Waals surface area (Å²) in [4.78, 5) is 28.4. The molecule has 0 saturated carbocycles. The van der Waals surface area contributed by atoms with Crippen molar-refractivity contribution >= 4 is 29.3 Å². The number of carbonyl (C=O) groups is 2. The van der Waals surface area contributed by atoms with Crippen LogP contribution in [0.4, 0.5) is 5.69 Å². The molecule has 7 nitrogen and oxygen atoms in total. The molecule has 1 amide bonds. The van der Waals surface area contributed by atoms with E-state index >= 15 is 0 Å². The summed E-state index contributed by atoms with van der Waals surface area (Å²) in [7, 11) is 3.06. The van der Waals surface area contributed by atoms with E-state index in [4.69, 9.17) is 14.2 Å². The molecular formula is C18H20N2O5S. The summed E-state index contributed by atoms with van der Waals surface area (Å²) in [5.74, 6) is 0.473. The maximum Gasteiger partial charge on any atom is 0.340 e. The van der Waals surface area contributed by atoms with Crippen molar-refractivity contribution in [3.63, 3.8) is 0 Å². The van der Waals surface area contributed by atoms with Crippen molar-refractivity contribution < 1.29 is 23.8 Å². The number of carbonyl (C=O) groups excluding carboxylic acids is 2. The van der Waals surface area contributed by atoms with Gasteiger partial charge in [-0.3, -0.25) is 4.79 Å². The van der Waals surface area contributed by atoms with Crippen LogP contribution in [-0.4, -0.2) is 43.4 Å². The molecule has 1 heterocycles. The maximum absolute atomic E-state index is 12.3. The van der Waals surface area contributed by atoms with Gasteiger partial charge in [-0.2, -0.15) is 0 Å². The van der Waals surface area contributed by atoms with Crippen molar-refractivity contribution in [2.24, 2.45) is 0 Å². The molecule has 138 valence electrons. The molecule has 1 aromatic heterocycles. The van der Waals surface area contributed by atoms with Gasteiger partial charge in [0.15, 0.2) is 0 Å². The van der Waals surface area contributed by atoms with E-state index in [2.05, 4.69) is 10.3 Å². The minimum absolute atomic E-state index is 0.0732. The van der Waals surface area contributed by atoms with Crippen LogP contribution in [0.15, 0.2) is 41.6 Å². The number of methoxy groups -OCH3 is 2. The summed E-state index contributed by atoms with van der Waals surface area (Å²) in [6.07, 6.45) is 1.56. The fourth-order valence-corrected chi connectivity index (χ4v) is 2.88. The van der Waals surface area contributed by atoms with Crippen LogP contribution in [0.3, 0.4) is 0 Å². The van der Waals surface area contributed by atoms with Gasteiger partial charge in [-0.25, -0.2) is 9.78 Å². The zero-order valence-electron chi connectivity index (χ0n) is 14.8. The Bertz CT molecular complexity index is 782. The van der Waals surface area contributed by atoms with Gasteiger partial charge in [-0.1, -0.05) is 11.8 Å². The van der Waals surface area contributed by atoms with Gasteiger partial charge in [0.05, 0.1) is 37.8 Å². The quantitative estimate of drug-likeness (QED) is 0.560. The molecule has 0 spiro atoms. The molecule has 8 heteroatoms. The van der Waals surface area contributed by atoms with E-state index in [-0.39, 0.29) is 18.3 Å². The predicted octanol–water partition coefficient (Wildman–Crippen LogP) is 3.01. The van der Waals surface area contributed by atoms with Gasteiger partial charge in [-0.05, 0) is 31.2 Å². The van der Waals surface area contributed by atoms with Gasteiger partial charge in [0.25, 0.3) is 0 Å². The Morgan fingerprint density at radius 1 is 1.19 bits per heavy atom. The third kappa shape index (κ3) is 5.13. The number of nitrogens with zero attached hydrogens (tertiary/aromatic N) is 1. The minimum Gasteiger partial charge on any atom is -0.497 e. The lowest BCUT2D eigenvalue weighted by Gasteiger charge is -2.12. The van der Waals surface area contributed by atoms with Crippen LogP contribution >= 0.6 is 11.8 Å². The Kier molecular flexibility index (Phi) is 7.28. The molecule has 0 radical (unpaired) electrons. The number of hydrogen-bond acceptors (Lipinski definition) is 7.